The van der Waals surface area contributed by atoms with Crippen molar-refractivity contribution in [1.29, 1.82) is 0 Å². The molecule has 0 aliphatic heterocycles. The molecule has 0 aliphatic carbocycles. The van der Waals surface area contributed by atoms with Gasteiger partial charge >= 0.3 is 0 Å². The lowest BCUT2D eigenvalue weighted by atomic mass is 10.4. The molecule has 1 N–H and O–H groups in total. The predicted molar refractivity (Wildman–Crippen MR) is 89.5 cm³/mol. The fourth-order valence-corrected chi connectivity index (χ4v) is 5.15. The van der Waals surface area contributed by atoms with E-state index in [1.807, 2.05) is 60.7 Å². The van der Waals surface area contributed by atoms with Gasteiger partial charge < -0.3 is 4.57 Å². The van der Waals surface area contributed by atoms with E-state index in [0.29, 0.717) is 11.9 Å². The first-order valence-electron chi connectivity index (χ1n) is 7.05. The summed E-state index contributed by atoms with van der Waals surface area (Å²) in [6.07, 6.45) is 0.303. The summed E-state index contributed by atoms with van der Waals surface area (Å²) in [6, 6.07) is 20.4. The summed E-state index contributed by atoms with van der Waals surface area (Å²) >= 11 is 0. The molecule has 1 aromatic heterocycles. The topological polar surface area (TPSA) is 54.9 Å². The van der Waals surface area contributed by atoms with E-state index in [9.17, 15) is 9.36 Å². The minimum Gasteiger partial charge on any atom is -0.313 e. The van der Waals surface area contributed by atoms with Crippen LogP contribution in [0.2, 0.25) is 0 Å². The molecular formula is C17H17N2O2P. The average Bonchev–Trinajstić information content (AvgIpc) is 2.86. The van der Waals surface area contributed by atoms with Gasteiger partial charge in [0.2, 0.25) is 0 Å². The Bertz CT molecular complexity index is 823. The Labute approximate surface area is 128 Å². The molecule has 0 atom stereocenters. The first-order chi connectivity index (χ1) is 10.6. The van der Waals surface area contributed by atoms with E-state index in [0.717, 1.165) is 10.6 Å². The van der Waals surface area contributed by atoms with Gasteiger partial charge in [-0.2, -0.15) is 0 Å². The third-order valence-electron chi connectivity index (χ3n) is 3.68. The lowest BCUT2D eigenvalue weighted by Gasteiger charge is -2.18. The van der Waals surface area contributed by atoms with Crippen LogP contribution in [0.15, 0.2) is 71.5 Å². The highest BCUT2D eigenvalue weighted by Gasteiger charge is 2.28. The van der Waals surface area contributed by atoms with Gasteiger partial charge in [-0.05, 0) is 0 Å². The molecule has 112 valence electrons. The maximum atomic E-state index is 13.8. The van der Waals surface area contributed by atoms with Crippen LogP contribution < -0.4 is 16.2 Å². The summed E-state index contributed by atoms with van der Waals surface area (Å²) in [5.74, 6) is 0. The van der Waals surface area contributed by atoms with Crippen molar-refractivity contribution in [1.82, 2.24) is 9.78 Å². The monoisotopic (exact) mass is 312 g/mol. The van der Waals surface area contributed by atoms with Gasteiger partial charge in [0, 0.05) is 29.4 Å². The largest absolute Gasteiger partial charge is 0.313 e. The Kier molecular flexibility index (Phi) is 3.86. The molecule has 5 heteroatoms. The van der Waals surface area contributed by atoms with Crippen LogP contribution in [0, 0.1) is 0 Å². The smallest absolute Gasteiger partial charge is 0.266 e. The van der Waals surface area contributed by atoms with Crippen LogP contribution >= 0.6 is 7.14 Å². The molecule has 0 saturated carbocycles. The summed E-state index contributed by atoms with van der Waals surface area (Å²) in [7, 11) is -1.18. The van der Waals surface area contributed by atoms with Crippen molar-refractivity contribution in [3.05, 3.63) is 82.8 Å². The van der Waals surface area contributed by atoms with E-state index in [4.69, 9.17) is 0 Å². The minimum atomic E-state index is -2.84. The SMILES string of the molecule is Cn1[nH]c(CP(=O)(c2ccccc2)c2ccccc2)cc1=O. The summed E-state index contributed by atoms with van der Waals surface area (Å²) in [5, 5.41) is 4.57. The van der Waals surface area contributed by atoms with E-state index in [1.165, 1.54) is 10.7 Å². The maximum absolute atomic E-state index is 13.8. The van der Waals surface area contributed by atoms with E-state index in [1.54, 1.807) is 7.05 Å². The van der Waals surface area contributed by atoms with Gasteiger partial charge in [0.05, 0.1) is 6.16 Å². The van der Waals surface area contributed by atoms with Crippen molar-refractivity contribution < 1.29 is 4.57 Å². The molecular weight excluding hydrogens is 295 g/mol. The molecule has 0 unspecified atom stereocenters. The summed E-state index contributed by atoms with van der Waals surface area (Å²) in [6.45, 7) is 0. The quantitative estimate of drug-likeness (QED) is 0.751. The number of rotatable bonds is 4. The average molecular weight is 312 g/mol. The molecule has 0 fully saturated rings. The Balaban J connectivity index is 2.11. The van der Waals surface area contributed by atoms with Crippen molar-refractivity contribution in [2.75, 3.05) is 0 Å². The fourth-order valence-electron chi connectivity index (χ4n) is 2.54. The van der Waals surface area contributed by atoms with Gasteiger partial charge in [-0.1, -0.05) is 60.7 Å². The second-order valence-corrected chi connectivity index (χ2v) is 8.08. The molecule has 0 bridgehead atoms. The highest BCUT2D eigenvalue weighted by Crippen LogP contribution is 2.46. The van der Waals surface area contributed by atoms with Crippen LogP contribution in [0.3, 0.4) is 0 Å². The van der Waals surface area contributed by atoms with Crippen molar-refractivity contribution in [3.63, 3.8) is 0 Å². The van der Waals surface area contributed by atoms with Crippen LogP contribution in [-0.2, 0) is 17.8 Å². The summed E-state index contributed by atoms with van der Waals surface area (Å²) in [5.41, 5.74) is 0.561. The van der Waals surface area contributed by atoms with Gasteiger partial charge in [-0.25, -0.2) is 0 Å². The standard InChI is InChI=1S/C17H17N2O2P/c1-19-17(20)12-14(18-19)13-22(21,15-8-4-2-5-9-15)16-10-6-3-7-11-16/h2-12,18H,13H2,1H3. The first-order valence-corrected chi connectivity index (χ1v) is 8.94. The Morgan fingerprint density at radius 3 is 1.86 bits per heavy atom. The second kappa shape index (κ2) is 5.82. The van der Waals surface area contributed by atoms with Crippen molar-refractivity contribution in [3.8, 4) is 0 Å². The Hall–Kier alpha value is -2.32. The molecule has 0 amide bonds. The molecule has 0 aliphatic rings. The molecule has 0 radical (unpaired) electrons. The molecule has 3 aromatic rings. The van der Waals surface area contributed by atoms with E-state index in [-0.39, 0.29) is 5.56 Å². The minimum absolute atomic E-state index is 0.123. The second-order valence-electron chi connectivity index (χ2n) is 5.25. The molecule has 0 saturated heterocycles. The molecule has 1 heterocycles. The summed E-state index contributed by atoms with van der Waals surface area (Å²) in [4.78, 5) is 11.6. The highest BCUT2D eigenvalue weighted by molar-refractivity contribution is 7.78. The van der Waals surface area contributed by atoms with Crippen molar-refractivity contribution >= 4 is 17.8 Å². The zero-order valence-corrected chi connectivity index (χ0v) is 13.2. The summed E-state index contributed by atoms with van der Waals surface area (Å²) < 4.78 is 15.2. The van der Waals surface area contributed by atoms with Crippen molar-refractivity contribution in [2.24, 2.45) is 7.05 Å². The molecule has 0 spiro atoms. The Morgan fingerprint density at radius 2 is 1.45 bits per heavy atom. The predicted octanol–water partition coefficient (Wildman–Crippen LogP) is 2.23. The van der Waals surface area contributed by atoms with Crippen LogP contribution in [0.4, 0.5) is 0 Å². The zero-order valence-electron chi connectivity index (χ0n) is 12.3. The highest BCUT2D eigenvalue weighted by atomic mass is 31.2. The van der Waals surface area contributed by atoms with E-state index >= 15 is 0 Å². The Morgan fingerprint density at radius 1 is 0.955 bits per heavy atom. The number of aryl methyl sites for hydroxylation is 1. The number of nitrogens with one attached hydrogen (secondary N) is 1. The van der Waals surface area contributed by atoms with Gasteiger partial charge in [0.15, 0.2) is 0 Å². The molecule has 4 nitrogen and oxygen atoms in total. The van der Waals surface area contributed by atoms with Gasteiger partial charge in [-0.15, -0.1) is 0 Å². The maximum Gasteiger partial charge on any atom is 0.266 e. The number of hydrogen-bond donors (Lipinski definition) is 1. The number of benzene rings is 2. The third-order valence-corrected chi connectivity index (χ3v) is 6.73. The molecule has 22 heavy (non-hydrogen) atoms. The molecule has 2 aromatic carbocycles. The van der Waals surface area contributed by atoms with Crippen molar-refractivity contribution in [2.45, 2.75) is 6.16 Å². The van der Waals surface area contributed by atoms with Crippen LogP contribution in [0.5, 0.6) is 0 Å². The lowest BCUT2D eigenvalue weighted by molar-refractivity contribution is 0.585. The van der Waals surface area contributed by atoms with Crippen LogP contribution in [-0.4, -0.2) is 9.78 Å². The van der Waals surface area contributed by atoms with Crippen LogP contribution in [0.1, 0.15) is 5.69 Å². The normalized spacial score (nSPS) is 11.5. The zero-order chi connectivity index (χ0) is 15.6. The third kappa shape index (κ3) is 2.70. The number of aromatic amines is 1. The van der Waals surface area contributed by atoms with E-state index < -0.39 is 7.14 Å². The number of aromatic nitrogens is 2. The van der Waals surface area contributed by atoms with Gasteiger partial charge in [-0.3, -0.25) is 14.6 Å². The fraction of sp³-hybridized carbons (Fsp3) is 0.118. The lowest BCUT2D eigenvalue weighted by Crippen LogP contribution is -2.17. The van der Waals surface area contributed by atoms with Gasteiger partial charge in [0.1, 0.15) is 7.14 Å². The molecule has 3 rings (SSSR count). The number of hydrogen-bond acceptors (Lipinski definition) is 2. The van der Waals surface area contributed by atoms with E-state index in [2.05, 4.69) is 5.10 Å². The first kappa shape index (κ1) is 14.6. The van der Waals surface area contributed by atoms with Crippen LogP contribution in [0.25, 0.3) is 0 Å². The van der Waals surface area contributed by atoms with Gasteiger partial charge in [0.25, 0.3) is 5.56 Å². The number of H-pyrrole nitrogens is 1. The number of nitrogens with zero attached hydrogens (tertiary/aromatic N) is 1.